The zero-order valence-electron chi connectivity index (χ0n) is 9.35. The van der Waals surface area contributed by atoms with Crippen molar-refractivity contribution in [3.63, 3.8) is 0 Å². The van der Waals surface area contributed by atoms with E-state index in [1.165, 1.54) is 0 Å². The highest BCUT2D eigenvalue weighted by Crippen LogP contribution is 2.22. The summed E-state index contributed by atoms with van der Waals surface area (Å²) in [5.41, 5.74) is -0.0509. The average Bonchev–Trinajstić information content (AvgIpc) is 2.13. The minimum atomic E-state index is -4.18. The van der Waals surface area contributed by atoms with Crippen LogP contribution in [0.25, 0.3) is 0 Å². The van der Waals surface area contributed by atoms with E-state index in [1.807, 2.05) is 0 Å². The van der Waals surface area contributed by atoms with Crippen molar-refractivity contribution in [3.05, 3.63) is 24.0 Å². The van der Waals surface area contributed by atoms with E-state index in [9.17, 15) is 21.2 Å². The van der Waals surface area contributed by atoms with Gasteiger partial charge in [-0.3, -0.25) is 4.72 Å². The van der Waals surface area contributed by atoms with E-state index in [0.717, 1.165) is 18.2 Å². The molecule has 1 rings (SSSR count). The van der Waals surface area contributed by atoms with Gasteiger partial charge in [-0.2, -0.15) is 0 Å². The van der Waals surface area contributed by atoms with Crippen LogP contribution in [-0.4, -0.2) is 22.6 Å². The summed E-state index contributed by atoms with van der Waals surface area (Å²) < 4.78 is 60.3. The fourth-order valence-electron chi connectivity index (χ4n) is 1.26. The summed E-state index contributed by atoms with van der Waals surface area (Å²) in [6, 6.07) is 2.80. The van der Waals surface area contributed by atoms with Crippen LogP contribution in [0, 0.1) is 5.82 Å². The second-order valence-electron chi connectivity index (χ2n) is 3.50. The van der Waals surface area contributed by atoms with Crippen LogP contribution >= 0.6 is 10.7 Å². The van der Waals surface area contributed by atoms with Gasteiger partial charge in [-0.05, 0) is 24.6 Å². The predicted octanol–water partition coefficient (Wildman–Crippen LogP) is 1.90. The molecule has 0 radical (unpaired) electrons. The summed E-state index contributed by atoms with van der Waals surface area (Å²) in [4.78, 5) is -0.692. The number of halogens is 2. The number of hydrogen-bond acceptors (Lipinski definition) is 4. The third kappa shape index (κ3) is 4.11. The van der Waals surface area contributed by atoms with E-state index in [4.69, 9.17) is 10.7 Å². The van der Waals surface area contributed by atoms with Crippen LogP contribution < -0.4 is 4.72 Å². The largest absolute Gasteiger partial charge is 0.283 e. The maximum atomic E-state index is 13.4. The Morgan fingerprint density at radius 1 is 1.28 bits per heavy atom. The molecule has 0 atom stereocenters. The molecular formula is C9H11ClFNO4S2. The average molecular weight is 316 g/mol. The number of sulfonamides is 1. The molecule has 1 aromatic carbocycles. The van der Waals surface area contributed by atoms with E-state index < -0.39 is 29.8 Å². The SMILES string of the molecule is CCCS(=O)(=O)Nc1ccc(S(=O)(=O)Cl)c(F)c1. The lowest BCUT2D eigenvalue weighted by molar-refractivity contribution is 0.576. The molecule has 5 nitrogen and oxygen atoms in total. The highest BCUT2D eigenvalue weighted by Gasteiger charge is 2.17. The third-order valence-electron chi connectivity index (χ3n) is 1.94. The number of nitrogens with one attached hydrogen (secondary N) is 1. The minimum absolute atomic E-state index is 0.0509. The van der Waals surface area contributed by atoms with Crippen molar-refractivity contribution in [2.24, 2.45) is 0 Å². The highest BCUT2D eigenvalue weighted by atomic mass is 35.7. The summed E-state index contributed by atoms with van der Waals surface area (Å²) in [6.07, 6.45) is 0.409. The summed E-state index contributed by atoms with van der Waals surface area (Å²) in [5, 5.41) is 0. The minimum Gasteiger partial charge on any atom is -0.283 e. The normalized spacial score (nSPS) is 12.4. The molecule has 102 valence electrons. The lowest BCUT2D eigenvalue weighted by Crippen LogP contribution is -2.16. The molecule has 0 aromatic heterocycles. The Bertz CT molecular complexity index is 643. The first-order valence-corrected chi connectivity index (χ1v) is 8.86. The molecule has 0 saturated heterocycles. The number of benzene rings is 1. The molecule has 0 spiro atoms. The van der Waals surface area contributed by atoms with E-state index >= 15 is 0 Å². The van der Waals surface area contributed by atoms with E-state index in [0.29, 0.717) is 6.42 Å². The first-order valence-electron chi connectivity index (χ1n) is 4.90. The molecule has 0 aliphatic heterocycles. The Kier molecular flexibility index (Phi) is 4.57. The topological polar surface area (TPSA) is 80.3 Å². The first-order chi connectivity index (χ1) is 8.15. The fourth-order valence-corrected chi connectivity index (χ4v) is 3.28. The third-order valence-corrected chi connectivity index (χ3v) is 4.79. The van der Waals surface area contributed by atoms with Crippen LogP contribution in [0.1, 0.15) is 13.3 Å². The molecule has 0 heterocycles. The fraction of sp³-hybridized carbons (Fsp3) is 0.333. The predicted molar refractivity (Wildman–Crippen MR) is 67.1 cm³/mol. The molecule has 0 unspecified atom stereocenters. The van der Waals surface area contributed by atoms with Gasteiger partial charge >= 0.3 is 0 Å². The molecule has 18 heavy (non-hydrogen) atoms. The van der Waals surface area contributed by atoms with Crippen molar-refractivity contribution in [3.8, 4) is 0 Å². The van der Waals surface area contributed by atoms with Gasteiger partial charge in [0, 0.05) is 10.7 Å². The molecule has 0 saturated carbocycles. The zero-order chi connectivity index (χ0) is 14.0. The zero-order valence-corrected chi connectivity index (χ0v) is 11.7. The van der Waals surface area contributed by atoms with Gasteiger partial charge in [0.15, 0.2) is 0 Å². The number of rotatable bonds is 5. The monoisotopic (exact) mass is 315 g/mol. The van der Waals surface area contributed by atoms with Crippen molar-refractivity contribution in [1.29, 1.82) is 0 Å². The van der Waals surface area contributed by atoms with Crippen LogP contribution in [0.3, 0.4) is 0 Å². The second-order valence-corrected chi connectivity index (χ2v) is 7.88. The van der Waals surface area contributed by atoms with Crippen molar-refractivity contribution < 1.29 is 21.2 Å². The molecule has 1 aromatic rings. The van der Waals surface area contributed by atoms with Crippen LogP contribution in [0.5, 0.6) is 0 Å². The quantitative estimate of drug-likeness (QED) is 0.842. The Morgan fingerprint density at radius 3 is 2.33 bits per heavy atom. The van der Waals surface area contributed by atoms with Crippen LogP contribution in [0.4, 0.5) is 10.1 Å². The van der Waals surface area contributed by atoms with Gasteiger partial charge in [-0.15, -0.1) is 0 Å². The van der Waals surface area contributed by atoms with E-state index in [-0.39, 0.29) is 11.4 Å². The van der Waals surface area contributed by atoms with Gasteiger partial charge in [0.25, 0.3) is 9.05 Å². The molecule has 0 aliphatic rings. The van der Waals surface area contributed by atoms with E-state index in [2.05, 4.69) is 4.72 Å². The summed E-state index contributed by atoms with van der Waals surface area (Å²) in [6.45, 7) is 1.68. The number of hydrogen-bond donors (Lipinski definition) is 1. The van der Waals surface area contributed by atoms with Crippen molar-refractivity contribution in [1.82, 2.24) is 0 Å². The van der Waals surface area contributed by atoms with Crippen LogP contribution in [0.2, 0.25) is 0 Å². The Balaban J connectivity index is 3.07. The Morgan fingerprint density at radius 2 is 1.89 bits per heavy atom. The van der Waals surface area contributed by atoms with Crippen LogP contribution in [-0.2, 0) is 19.1 Å². The van der Waals surface area contributed by atoms with Gasteiger partial charge in [0.1, 0.15) is 10.7 Å². The Labute approximate surface area is 109 Å². The molecular weight excluding hydrogens is 305 g/mol. The second kappa shape index (κ2) is 5.41. The summed E-state index contributed by atoms with van der Waals surface area (Å²) in [5.74, 6) is -1.22. The standard InChI is InChI=1S/C9H11ClFNO4S2/c1-2-5-17(13,14)12-7-3-4-9(8(11)6-7)18(10,15)16/h3-4,6,12H,2,5H2,1H3. The lowest BCUT2D eigenvalue weighted by atomic mass is 10.3. The highest BCUT2D eigenvalue weighted by molar-refractivity contribution is 8.13. The maximum absolute atomic E-state index is 13.4. The van der Waals surface area contributed by atoms with E-state index in [1.54, 1.807) is 6.92 Å². The number of anilines is 1. The molecule has 1 N–H and O–H groups in total. The molecule has 9 heteroatoms. The Hall–Kier alpha value is -0.860. The summed E-state index contributed by atoms with van der Waals surface area (Å²) >= 11 is 0. The molecule has 0 amide bonds. The van der Waals surface area contributed by atoms with Gasteiger partial charge in [-0.1, -0.05) is 6.92 Å². The van der Waals surface area contributed by atoms with Gasteiger partial charge in [0.2, 0.25) is 10.0 Å². The smallest absolute Gasteiger partial charge is 0.264 e. The molecule has 0 bridgehead atoms. The first kappa shape index (κ1) is 15.2. The van der Waals surface area contributed by atoms with Crippen molar-refractivity contribution in [2.75, 3.05) is 10.5 Å². The molecule has 0 fully saturated rings. The van der Waals surface area contributed by atoms with Gasteiger partial charge in [0.05, 0.1) is 11.4 Å². The summed E-state index contributed by atoms with van der Waals surface area (Å²) in [7, 11) is -2.74. The van der Waals surface area contributed by atoms with Gasteiger partial charge in [-0.25, -0.2) is 21.2 Å². The van der Waals surface area contributed by atoms with Crippen LogP contribution in [0.15, 0.2) is 23.1 Å². The van der Waals surface area contributed by atoms with Gasteiger partial charge < -0.3 is 0 Å². The van der Waals surface area contributed by atoms with Crippen molar-refractivity contribution in [2.45, 2.75) is 18.2 Å². The molecule has 0 aliphatic carbocycles. The maximum Gasteiger partial charge on any atom is 0.264 e. The van der Waals surface area contributed by atoms with Crippen molar-refractivity contribution >= 4 is 35.4 Å². The lowest BCUT2D eigenvalue weighted by Gasteiger charge is -2.07.